The number of hydrogen-bond donors (Lipinski definition) is 6. The van der Waals surface area contributed by atoms with Crippen LogP contribution >= 0.6 is 0 Å². The summed E-state index contributed by atoms with van der Waals surface area (Å²) in [5.74, 6) is 1.70. The van der Waals surface area contributed by atoms with Crippen LogP contribution in [-0.4, -0.2) is 286 Å². The van der Waals surface area contributed by atoms with Gasteiger partial charge in [0.05, 0.1) is 66.0 Å². The molecule has 3 fully saturated rings. The fourth-order valence-corrected chi connectivity index (χ4v) is 20.0. The van der Waals surface area contributed by atoms with E-state index in [1.165, 1.54) is 33.4 Å². The van der Waals surface area contributed by atoms with E-state index in [0.29, 0.717) is 116 Å². The second-order valence-electron chi connectivity index (χ2n) is 34.3. The summed E-state index contributed by atoms with van der Waals surface area (Å²) in [5.41, 5.74) is 20.8. The van der Waals surface area contributed by atoms with Crippen LogP contribution in [0.5, 0.6) is 0 Å². The molecule has 36 heteroatoms. The number of benzene rings is 3. The van der Waals surface area contributed by atoms with Crippen LogP contribution in [0.4, 0.5) is 17.8 Å². The fraction of sp³-hybridized carbons (Fsp3) is 0.448. The zero-order valence-electron chi connectivity index (χ0n) is 69.1. The first-order valence-electron chi connectivity index (χ1n) is 43.5. The van der Waals surface area contributed by atoms with E-state index in [9.17, 15) is 14.4 Å². The lowest BCUT2D eigenvalue weighted by Crippen LogP contribution is -2.63. The van der Waals surface area contributed by atoms with E-state index in [2.05, 4.69) is 171 Å². The molecule has 9 aliphatic rings. The van der Waals surface area contributed by atoms with Crippen molar-refractivity contribution in [1.29, 1.82) is 0 Å². The highest BCUT2D eigenvalue weighted by Crippen LogP contribution is 2.37. The summed E-state index contributed by atoms with van der Waals surface area (Å²) < 4.78 is 5.36. The predicted molar refractivity (Wildman–Crippen MR) is 454 cm³/mol. The third-order valence-corrected chi connectivity index (χ3v) is 26.5. The number of carbonyl (C=O) groups is 3. The SMILES string of the molecule is CCN1CCN(Cc2nn(CC(=O)N3CCc4[nH]nnc4C3)cc2-c2cnc(NC3Cc4ccccc4C3)nc2)CC1N(c1ncc(-c2cn(CC(=O)N3CCc4[nH]nnc4C3)nc2CN2CCNCC(N(c3ncc(-c4cn(CC(=O)N5CCc6[nH]nnc6C5)nc4CN4CCNCC4)cn3)C3Cc4ccccc4C3)C2)cn1)C1Cc2ccccc2C1. The van der Waals surface area contributed by atoms with E-state index in [4.69, 9.17) is 45.2 Å². The molecule has 12 aromatic rings. The predicted octanol–water partition coefficient (Wildman–Crippen LogP) is 3.33. The van der Waals surface area contributed by atoms with Gasteiger partial charge in [0.1, 0.15) is 36.7 Å². The maximum absolute atomic E-state index is 14.6. The second kappa shape index (κ2) is 34.1. The number of likely N-dealkylation sites (N-methyl/N-ethyl adjacent to an activating group) is 1. The average molecular weight is 1660 g/mol. The van der Waals surface area contributed by atoms with Crippen LogP contribution in [0.1, 0.15) is 91.5 Å². The molecule has 6 aliphatic heterocycles. The maximum atomic E-state index is 14.6. The largest absolute Gasteiger partial charge is 0.351 e. The van der Waals surface area contributed by atoms with Crippen molar-refractivity contribution in [3.63, 3.8) is 0 Å². The first kappa shape index (κ1) is 77.8. The third-order valence-electron chi connectivity index (χ3n) is 26.5. The highest BCUT2D eigenvalue weighted by molar-refractivity contribution is 5.78. The van der Waals surface area contributed by atoms with Crippen LogP contribution in [-0.2, 0) is 131 Å². The zero-order valence-corrected chi connectivity index (χ0v) is 69.1. The van der Waals surface area contributed by atoms with Crippen molar-refractivity contribution in [2.75, 3.05) is 113 Å². The van der Waals surface area contributed by atoms with E-state index in [1.807, 2.05) is 70.5 Å². The lowest BCUT2D eigenvalue weighted by atomic mass is 10.1. The first-order chi connectivity index (χ1) is 60.5. The van der Waals surface area contributed by atoms with Gasteiger partial charge in [-0.3, -0.25) is 63.3 Å². The molecule has 0 saturated carbocycles. The summed E-state index contributed by atoms with van der Waals surface area (Å²) in [6, 6.07) is 26.3. The average Bonchev–Trinajstić information content (AvgIpc) is 1.70. The van der Waals surface area contributed by atoms with Crippen molar-refractivity contribution in [1.82, 2.24) is 150 Å². The molecule has 123 heavy (non-hydrogen) atoms. The van der Waals surface area contributed by atoms with Gasteiger partial charge in [-0.25, -0.2) is 29.9 Å². The Kier molecular flexibility index (Phi) is 21.6. The number of nitrogens with one attached hydrogen (secondary N) is 6. The minimum Gasteiger partial charge on any atom is -0.351 e. The van der Waals surface area contributed by atoms with Gasteiger partial charge in [0.15, 0.2) is 0 Å². The van der Waals surface area contributed by atoms with Gasteiger partial charge in [0, 0.05) is 238 Å². The summed E-state index contributed by atoms with van der Waals surface area (Å²) in [6.07, 6.45) is 24.5. The van der Waals surface area contributed by atoms with E-state index in [-0.39, 0.29) is 67.7 Å². The van der Waals surface area contributed by atoms with Crippen molar-refractivity contribution in [2.24, 2.45) is 0 Å². The Morgan fingerprint density at radius 3 is 1.27 bits per heavy atom. The number of nitrogens with zero attached hydrogens (tertiary/aromatic N) is 27. The molecule has 0 spiro atoms. The van der Waals surface area contributed by atoms with Crippen LogP contribution in [0, 0.1) is 0 Å². The minimum atomic E-state index is -0.152. The molecule has 3 amide bonds. The van der Waals surface area contributed by atoms with Gasteiger partial charge in [-0.2, -0.15) is 15.3 Å². The lowest BCUT2D eigenvalue weighted by Gasteiger charge is -2.48. The Labute approximate surface area is 710 Å². The molecule has 3 aliphatic carbocycles. The quantitative estimate of drug-likeness (QED) is 0.0505. The fourth-order valence-electron chi connectivity index (χ4n) is 20.0. The third kappa shape index (κ3) is 16.4. The maximum Gasteiger partial charge on any atom is 0.244 e. The Morgan fingerprint density at radius 2 is 0.821 bits per heavy atom. The van der Waals surface area contributed by atoms with Gasteiger partial charge >= 0.3 is 0 Å². The van der Waals surface area contributed by atoms with Crippen molar-refractivity contribution in [3.8, 4) is 33.4 Å². The van der Waals surface area contributed by atoms with Gasteiger partial charge < -0.3 is 40.4 Å². The van der Waals surface area contributed by atoms with Crippen LogP contribution in [0.3, 0.4) is 0 Å². The molecule has 2 unspecified atom stereocenters. The Balaban J connectivity index is 0.573. The Morgan fingerprint density at radius 1 is 0.431 bits per heavy atom. The molecule has 0 radical (unpaired) electrons. The molecule has 9 aromatic heterocycles. The molecular weight excluding hydrogens is 1560 g/mol. The summed E-state index contributed by atoms with van der Waals surface area (Å²) in [4.78, 5) is 94.7. The second-order valence-corrected chi connectivity index (χ2v) is 34.3. The number of aromatic amines is 3. The van der Waals surface area contributed by atoms with Gasteiger partial charge in [-0.05, 0) is 78.5 Å². The standard InChI is InChI=1S/C87H101N33O3/c1-2-112-28-27-111(48-77-69(43-117(105-77)54-83(122)114-22-16-73-79(50-114)101-107-98-73)62-35-90-85(91-36-62)96-65-29-56-9-3-4-10-57(56)30-65)52-81(112)120(67-33-60-13-7-8-14-61(60)34-67)87-94-39-64(40-95-87)71-45-118(55-84(123)115-23-17-74-80(51-115)102-108-99-74)104-76(71)47-110-26-20-89-41-68(42-110)119(66-31-58-11-5-6-12-59(58)32-66)86-92-37-63(38-93-86)70-44-116(103-75(70)46-109-24-18-88-19-25-109)53-82(121)113-21-15-72-78(49-113)100-106-97-72/h3-14,35-40,43-45,65-68,81,88-89H,2,15-34,41-42,46-55H2,1H3,(H,90,91,96)(H,97,100,106)(H,98,101,107)(H,99,102,108). The smallest absolute Gasteiger partial charge is 0.244 e. The number of carbonyl (C=O) groups excluding carboxylic acids is 3. The molecular formula is C87H101N33O3. The topological polar surface area (TPSA) is 372 Å². The molecule has 6 N–H and O–H groups in total. The van der Waals surface area contributed by atoms with Crippen molar-refractivity contribution in [3.05, 3.63) is 213 Å². The molecule has 632 valence electrons. The Bertz CT molecular complexity index is 5710. The number of fused-ring (bicyclic) bond motifs is 6. The Hall–Kier alpha value is -12.5. The number of piperazine rings is 2. The highest BCUT2D eigenvalue weighted by Gasteiger charge is 2.42. The van der Waals surface area contributed by atoms with E-state index in [1.54, 1.807) is 14.0 Å². The number of rotatable bonds is 24. The first-order valence-corrected chi connectivity index (χ1v) is 43.5. The minimum absolute atomic E-state index is 0.0195. The van der Waals surface area contributed by atoms with Crippen molar-refractivity contribution < 1.29 is 14.4 Å². The molecule has 2 atom stereocenters. The van der Waals surface area contributed by atoms with Gasteiger partial charge in [-0.1, -0.05) is 95.4 Å². The van der Waals surface area contributed by atoms with Crippen molar-refractivity contribution in [2.45, 2.75) is 154 Å². The van der Waals surface area contributed by atoms with E-state index < -0.39 is 0 Å². The van der Waals surface area contributed by atoms with E-state index in [0.717, 1.165) is 182 Å². The van der Waals surface area contributed by atoms with Gasteiger partial charge in [0.25, 0.3) is 0 Å². The number of H-pyrrole nitrogens is 3. The summed E-state index contributed by atoms with van der Waals surface area (Å²) in [6.45, 7) is 16.1. The number of amides is 3. The van der Waals surface area contributed by atoms with Gasteiger partial charge in [0.2, 0.25) is 35.6 Å². The number of hydrogen-bond acceptors (Lipinski definition) is 27. The van der Waals surface area contributed by atoms with Crippen LogP contribution in [0.2, 0.25) is 0 Å². The highest BCUT2D eigenvalue weighted by atomic mass is 16.2. The lowest BCUT2D eigenvalue weighted by molar-refractivity contribution is -0.133. The molecule has 15 heterocycles. The summed E-state index contributed by atoms with van der Waals surface area (Å²) >= 11 is 0. The molecule has 3 saturated heterocycles. The monoisotopic (exact) mass is 1660 g/mol. The van der Waals surface area contributed by atoms with Crippen molar-refractivity contribution >= 4 is 35.6 Å². The molecule has 0 bridgehead atoms. The molecule has 36 nitrogen and oxygen atoms in total. The van der Waals surface area contributed by atoms with Gasteiger partial charge in [-0.15, -0.1) is 15.3 Å². The molecule has 3 aromatic carbocycles. The van der Waals surface area contributed by atoms with Crippen LogP contribution < -0.4 is 25.8 Å². The van der Waals surface area contributed by atoms with E-state index >= 15 is 0 Å². The zero-order chi connectivity index (χ0) is 82.4. The molecule has 21 rings (SSSR count). The van der Waals surface area contributed by atoms with Crippen LogP contribution in [0.15, 0.2) is 129 Å². The summed E-state index contributed by atoms with van der Waals surface area (Å²) in [5, 5.41) is 60.7. The van der Waals surface area contributed by atoms with Crippen LogP contribution in [0.25, 0.3) is 33.4 Å². The number of aromatic nitrogens is 21. The summed E-state index contributed by atoms with van der Waals surface area (Å²) in [7, 11) is 0. The normalized spacial score (nSPS) is 19.2. The number of anilines is 3.